The Labute approximate surface area is 149 Å². The van der Waals surface area contributed by atoms with Crippen molar-refractivity contribution in [2.45, 2.75) is 13.3 Å². The van der Waals surface area contributed by atoms with E-state index in [0.29, 0.717) is 28.1 Å². The first-order valence-corrected chi connectivity index (χ1v) is 8.05. The Kier molecular flexibility index (Phi) is 8.56. The average Bonchev–Trinajstić information content (AvgIpc) is 2.58. The lowest BCUT2D eigenvalue weighted by Gasteiger charge is -2.12. The molecular formula is C16H20BrN3O4. The predicted molar refractivity (Wildman–Crippen MR) is 95.4 cm³/mol. The maximum absolute atomic E-state index is 11.5. The van der Waals surface area contributed by atoms with Crippen LogP contribution < -0.4 is 20.2 Å². The number of amides is 2. The molecule has 1 aromatic rings. The summed E-state index contributed by atoms with van der Waals surface area (Å²) in [5.41, 5.74) is 2.80. The number of hydrogen-bond acceptors (Lipinski definition) is 5. The molecular weight excluding hydrogens is 378 g/mol. The minimum Gasteiger partial charge on any atom is -0.493 e. The van der Waals surface area contributed by atoms with Crippen molar-refractivity contribution in [3.63, 3.8) is 0 Å². The third-order valence-corrected chi connectivity index (χ3v) is 3.28. The fourth-order valence-electron chi connectivity index (χ4n) is 1.62. The van der Waals surface area contributed by atoms with Crippen LogP contribution in [0.2, 0.25) is 0 Å². The molecule has 2 amide bonds. The van der Waals surface area contributed by atoms with Gasteiger partial charge in [0.1, 0.15) is 0 Å². The van der Waals surface area contributed by atoms with Gasteiger partial charge in [0.25, 0.3) is 0 Å². The summed E-state index contributed by atoms with van der Waals surface area (Å²) in [5, 5.41) is 6.10. The molecule has 1 aromatic carbocycles. The zero-order valence-electron chi connectivity index (χ0n) is 13.6. The number of ether oxygens (including phenoxy) is 2. The first-order valence-electron chi connectivity index (χ1n) is 7.25. The van der Waals surface area contributed by atoms with Crippen LogP contribution >= 0.6 is 15.9 Å². The van der Waals surface area contributed by atoms with Crippen LogP contribution in [-0.4, -0.2) is 38.3 Å². The van der Waals surface area contributed by atoms with Gasteiger partial charge in [-0.1, -0.05) is 13.0 Å². The molecule has 0 bridgehead atoms. The number of halogens is 1. The second-order valence-electron chi connectivity index (χ2n) is 4.58. The van der Waals surface area contributed by atoms with Gasteiger partial charge in [-0.25, -0.2) is 5.43 Å². The number of carbonyl (C=O) groups excluding carboxylic acids is 2. The summed E-state index contributed by atoms with van der Waals surface area (Å²) in [4.78, 5) is 22.8. The molecule has 0 saturated carbocycles. The molecule has 130 valence electrons. The van der Waals surface area contributed by atoms with Gasteiger partial charge >= 0.3 is 11.8 Å². The first-order chi connectivity index (χ1) is 11.5. The van der Waals surface area contributed by atoms with E-state index in [1.807, 2.05) is 6.92 Å². The number of methoxy groups -OCH3 is 1. The lowest BCUT2D eigenvalue weighted by atomic mass is 10.2. The van der Waals surface area contributed by atoms with Crippen LogP contribution in [0.15, 0.2) is 34.4 Å². The standard InChI is InChI=1S/C16H20BrN3O4/c1-4-6-18-15(21)16(22)20-19-10-11-8-12(17)14(24-7-5-2)13(9-11)23-3/h4,8-10H,1,5-7H2,2-3H3,(H,18,21)(H,20,22)/b19-10-. The molecule has 7 nitrogen and oxygen atoms in total. The minimum atomic E-state index is -0.859. The minimum absolute atomic E-state index is 0.208. The van der Waals surface area contributed by atoms with Crippen molar-refractivity contribution in [2.75, 3.05) is 20.3 Å². The van der Waals surface area contributed by atoms with Crippen molar-refractivity contribution in [2.24, 2.45) is 5.10 Å². The van der Waals surface area contributed by atoms with Crippen molar-refractivity contribution in [1.82, 2.24) is 10.7 Å². The summed E-state index contributed by atoms with van der Waals surface area (Å²) < 4.78 is 11.6. The van der Waals surface area contributed by atoms with Gasteiger partial charge in [0.05, 0.1) is 24.4 Å². The number of hydrazone groups is 1. The first kappa shape index (κ1) is 19.7. The van der Waals surface area contributed by atoms with E-state index in [1.54, 1.807) is 12.1 Å². The van der Waals surface area contributed by atoms with Crippen LogP contribution in [0.25, 0.3) is 0 Å². The molecule has 2 N–H and O–H groups in total. The van der Waals surface area contributed by atoms with Crippen LogP contribution in [-0.2, 0) is 9.59 Å². The second-order valence-corrected chi connectivity index (χ2v) is 5.43. The molecule has 0 unspecified atom stereocenters. The zero-order valence-corrected chi connectivity index (χ0v) is 15.2. The molecule has 0 radical (unpaired) electrons. The maximum atomic E-state index is 11.5. The largest absolute Gasteiger partial charge is 0.493 e. The van der Waals surface area contributed by atoms with Gasteiger partial charge in [-0.15, -0.1) is 6.58 Å². The van der Waals surface area contributed by atoms with Crippen LogP contribution in [0.3, 0.4) is 0 Å². The van der Waals surface area contributed by atoms with E-state index in [2.05, 4.69) is 38.4 Å². The molecule has 0 aromatic heterocycles. The highest BCUT2D eigenvalue weighted by atomic mass is 79.9. The summed E-state index contributed by atoms with van der Waals surface area (Å²) in [5.74, 6) is -0.505. The molecule has 0 atom stereocenters. The summed E-state index contributed by atoms with van der Waals surface area (Å²) in [6.45, 7) is 6.23. The molecule has 8 heteroatoms. The van der Waals surface area contributed by atoms with Crippen molar-refractivity contribution >= 4 is 34.0 Å². The van der Waals surface area contributed by atoms with Gasteiger partial charge in [-0.3, -0.25) is 9.59 Å². The molecule has 0 spiro atoms. The Morgan fingerprint density at radius 2 is 2.12 bits per heavy atom. The molecule has 24 heavy (non-hydrogen) atoms. The van der Waals surface area contributed by atoms with E-state index in [-0.39, 0.29) is 6.54 Å². The van der Waals surface area contributed by atoms with E-state index in [4.69, 9.17) is 9.47 Å². The SMILES string of the molecule is C=CCNC(=O)C(=O)N/N=C\c1cc(Br)c(OCCC)c(OC)c1. The van der Waals surface area contributed by atoms with Gasteiger partial charge in [0, 0.05) is 6.54 Å². The summed E-state index contributed by atoms with van der Waals surface area (Å²) in [7, 11) is 1.53. The molecule has 0 aliphatic heterocycles. The maximum Gasteiger partial charge on any atom is 0.329 e. The number of nitrogens with zero attached hydrogens (tertiary/aromatic N) is 1. The molecule has 1 rings (SSSR count). The molecule has 0 aliphatic rings. The van der Waals surface area contributed by atoms with Crippen molar-refractivity contribution in [1.29, 1.82) is 0 Å². The van der Waals surface area contributed by atoms with E-state index in [9.17, 15) is 9.59 Å². The Bertz CT molecular complexity index is 632. The summed E-state index contributed by atoms with van der Waals surface area (Å²) in [6.07, 6.45) is 3.74. The monoisotopic (exact) mass is 397 g/mol. The molecule has 0 fully saturated rings. The third kappa shape index (κ3) is 6.04. The van der Waals surface area contributed by atoms with Gasteiger partial charge in [0.15, 0.2) is 11.5 Å². The van der Waals surface area contributed by atoms with Gasteiger partial charge in [0.2, 0.25) is 0 Å². The van der Waals surface area contributed by atoms with Crippen LogP contribution in [0, 0.1) is 0 Å². The smallest absolute Gasteiger partial charge is 0.329 e. The van der Waals surface area contributed by atoms with Gasteiger partial charge in [-0.05, 0) is 40.0 Å². The number of nitrogens with one attached hydrogen (secondary N) is 2. The number of benzene rings is 1. The normalized spacial score (nSPS) is 10.3. The number of rotatable bonds is 8. The topological polar surface area (TPSA) is 89.0 Å². The highest BCUT2D eigenvalue weighted by Crippen LogP contribution is 2.36. The Balaban J connectivity index is 2.77. The summed E-state index contributed by atoms with van der Waals surface area (Å²) in [6, 6.07) is 3.48. The van der Waals surface area contributed by atoms with Gasteiger partial charge in [-0.2, -0.15) is 5.10 Å². The van der Waals surface area contributed by atoms with Crippen molar-refractivity contribution in [3.8, 4) is 11.5 Å². The van der Waals surface area contributed by atoms with E-state index in [1.165, 1.54) is 19.4 Å². The quantitative estimate of drug-likeness (QED) is 0.304. The fourth-order valence-corrected chi connectivity index (χ4v) is 2.19. The highest BCUT2D eigenvalue weighted by molar-refractivity contribution is 9.10. The van der Waals surface area contributed by atoms with E-state index >= 15 is 0 Å². The van der Waals surface area contributed by atoms with Crippen LogP contribution in [0.5, 0.6) is 11.5 Å². The van der Waals surface area contributed by atoms with Crippen LogP contribution in [0.4, 0.5) is 0 Å². The number of hydrogen-bond donors (Lipinski definition) is 2. The predicted octanol–water partition coefficient (Wildman–Crippen LogP) is 2.00. The lowest BCUT2D eigenvalue weighted by molar-refractivity contribution is -0.139. The van der Waals surface area contributed by atoms with E-state index in [0.717, 1.165) is 6.42 Å². The summed E-state index contributed by atoms with van der Waals surface area (Å²) >= 11 is 3.41. The van der Waals surface area contributed by atoms with Crippen molar-refractivity contribution in [3.05, 3.63) is 34.8 Å². The van der Waals surface area contributed by atoms with Gasteiger partial charge < -0.3 is 14.8 Å². The van der Waals surface area contributed by atoms with Crippen molar-refractivity contribution < 1.29 is 19.1 Å². The van der Waals surface area contributed by atoms with E-state index < -0.39 is 11.8 Å². The Morgan fingerprint density at radius 1 is 1.38 bits per heavy atom. The van der Waals surface area contributed by atoms with Crippen LogP contribution in [0.1, 0.15) is 18.9 Å². The number of carbonyl (C=O) groups is 2. The molecule has 0 heterocycles. The molecule has 0 saturated heterocycles. The fraction of sp³-hybridized carbons (Fsp3) is 0.312. The highest BCUT2D eigenvalue weighted by Gasteiger charge is 2.12. The third-order valence-electron chi connectivity index (χ3n) is 2.70. The zero-order chi connectivity index (χ0) is 17.9. The average molecular weight is 398 g/mol. The lowest BCUT2D eigenvalue weighted by Crippen LogP contribution is -2.37. The Hall–Kier alpha value is -2.35. The Morgan fingerprint density at radius 3 is 2.75 bits per heavy atom. The second kappa shape index (κ2) is 10.4. The molecule has 0 aliphatic carbocycles.